The molecule has 1 heteroatoms. The van der Waals surface area contributed by atoms with Gasteiger partial charge in [-0.3, -0.25) is 4.99 Å². The van der Waals surface area contributed by atoms with Crippen molar-refractivity contribution in [3.05, 3.63) is 24.3 Å². The van der Waals surface area contributed by atoms with E-state index in [0.29, 0.717) is 0 Å². The van der Waals surface area contributed by atoms with Crippen LogP contribution >= 0.6 is 0 Å². The normalized spacial score (nSPS) is 12.9. The van der Waals surface area contributed by atoms with Crippen molar-refractivity contribution >= 4 is 6.21 Å². The van der Waals surface area contributed by atoms with Gasteiger partial charge in [-0.2, -0.15) is 0 Å². The molecular weight excluding hydrogens is 158 g/mol. The summed E-state index contributed by atoms with van der Waals surface area (Å²) in [7, 11) is 0. The molecule has 0 aromatic rings. The van der Waals surface area contributed by atoms with E-state index in [4.69, 9.17) is 0 Å². The first kappa shape index (κ1) is 12.2. The summed E-state index contributed by atoms with van der Waals surface area (Å²) in [4.78, 5) is 4.30. The van der Waals surface area contributed by atoms with E-state index in [1.807, 2.05) is 18.4 Å². The highest BCUT2D eigenvalue weighted by Gasteiger charge is 2.06. The van der Waals surface area contributed by atoms with Gasteiger partial charge in [0.15, 0.2) is 0 Å². The fourth-order valence-corrected chi connectivity index (χ4v) is 0.684. The minimum Gasteiger partial charge on any atom is -0.293 e. The Kier molecular flexibility index (Phi) is 5.36. The Labute approximate surface area is 82.3 Å². The van der Waals surface area contributed by atoms with Crippen molar-refractivity contribution in [3.63, 3.8) is 0 Å². The van der Waals surface area contributed by atoms with Crippen LogP contribution in [0.3, 0.4) is 0 Å². The lowest BCUT2D eigenvalue weighted by Crippen LogP contribution is -2.08. The predicted molar refractivity (Wildman–Crippen MR) is 61.4 cm³/mol. The molecule has 0 aromatic carbocycles. The average molecular weight is 179 g/mol. The third-order valence-corrected chi connectivity index (χ3v) is 1.54. The van der Waals surface area contributed by atoms with Crippen LogP contribution < -0.4 is 0 Å². The quantitative estimate of drug-likeness (QED) is 0.461. The summed E-state index contributed by atoms with van der Waals surface area (Å²) in [6.07, 6.45) is 6.82. The Bertz CT molecular complexity index is 204. The van der Waals surface area contributed by atoms with Gasteiger partial charge in [-0.15, -0.1) is 0 Å². The molecule has 0 amide bonds. The van der Waals surface area contributed by atoms with Crippen molar-refractivity contribution in [1.82, 2.24) is 0 Å². The minimum absolute atomic E-state index is 0.284. The van der Waals surface area contributed by atoms with E-state index < -0.39 is 0 Å². The van der Waals surface area contributed by atoms with Crippen LogP contribution in [0.2, 0.25) is 0 Å². The van der Waals surface area contributed by atoms with Gasteiger partial charge in [0.1, 0.15) is 0 Å². The topological polar surface area (TPSA) is 12.4 Å². The lowest BCUT2D eigenvalue weighted by atomic mass is 9.97. The second-order valence-electron chi connectivity index (χ2n) is 4.42. The number of allylic oxidation sites excluding steroid dienone is 3. The zero-order chi connectivity index (χ0) is 10.3. The summed E-state index contributed by atoms with van der Waals surface area (Å²) < 4.78 is 0. The summed E-state index contributed by atoms with van der Waals surface area (Å²) in [6.45, 7) is 13.4. The third kappa shape index (κ3) is 9.06. The van der Waals surface area contributed by atoms with Crippen LogP contribution in [0.1, 0.15) is 34.1 Å². The molecule has 0 saturated heterocycles. The maximum absolute atomic E-state index is 4.30. The molecule has 0 N–H and O–H groups in total. The molecule has 0 saturated carbocycles. The van der Waals surface area contributed by atoms with Crippen LogP contribution in [0.5, 0.6) is 0 Å². The van der Waals surface area contributed by atoms with Crippen molar-refractivity contribution in [2.24, 2.45) is 10.4 Å². The number of nitrogens with zero attached hydrogens (tertiary/aromatic N) is 1. The summed E-state index contributed by atoms with van der Waals surface area (Å²) in [5.74, 6) is 0. The van der Waals surface area contributed by atoms with E-state index in [2.05, 4.69) is 39.3 Å². The standard InChI is InChI=1S/C12H21N/c1-6-11(2)8-7-9-13-10-12(3,4)5/h7-9H,2,6,10H2,1,3-5H3/b8-7-,13-9-. The van der Waals surface area contributed by atoms with Crippen molar-refractivity contribution in [3.8, 4) is 0 Å². The van der Waals surface area contributed by atoms with Gasteiger partial charge in [-0.05, 0) is 17.9 Å². The van der Waals surface area contributed by atoms with Crippen LogP contribution in [0, 0.1) is 5.41 Å². The molecule has 0 bridgehead atoms. The van der Waals surface area contributed by atoms with E-state index in [9.17, 15) is 0 Å². The molecule has 0 aliphatic carbocycles. The fourth-order valence-electron chi connectivity index (χ4n) is 0.684. The highest BCUT2D eigenvalue weighted by atomic mass is 14.7. The van der Waals surface area contributed by atoms with Gasteiger partial charge in [-0.1, -0.05) is 45.9 Å². The van der Waals surface area contributed by atoms with Gasteiger partial charge in [0.25, 0.3) is 0 Å². The van der Waals surface area contributed by atoms with Gasteiger partial charge in [0.2, 0.25) is 0 Å². The van der Waals surface area contributed by atoms with Crippen LogP contribution in [0.15, 0.2) is 29.3 Å². The van der Waals surface area contributed by atoms with E-state index in [1.165, 1.54) is 0 Å². The molecule has 0 aliphatic heterocycles. The minimum atomic E-state index is 0.284. The second kappa shape index (κ2) is 5.74. The Morgan fingerprint density at radius 2 is 2.00 bits per heavy atom. The third-order valence-electron chi connectivity index (χ3n) is 1.54. The molecule has 0 unspecified atom stereocenters. The molecule has 1 nitrogen and oxygen atoms in total. The Morgan fingerprint density at radius 1 is 1.38 bits per heavy atom. The van der Waals surface area contributed by atoms with Gasteiger partial charge >= 0.3 is 0 Å². The predicted octanol–water partition coefficient (Wildman–Crippen LogP) is 3.63. The van der Waals surface area contributed by atoms with Crippen LogP contribution in [-0.4, -0.2) is 12.8 Å². The number of hydrogen-bond acceptors (Lipinski definition) is 1. The largest absolute Gasteiger partial charge is 0.293 e. The summed E-state index contributed by atoms with van der Waals surface area (Å²) >= 11 is 0. The van der Waals surface area contributed by atoms with Gasteiger partial charge in [0, 0.05) is 12.8 Å². The Hall–Kier alpha value is -0.850. The maximum atomic E-state index is 4.30. The van der Waals surface area contributed by atoms with Crippen LogP contribution in [0.4, 0.5) is 0 Å². The molecule has 74 valence electrons. The molecule has 0 atom stereocenters. The zero-order valence-corrected chi connectivity index (χ0v) is 9.30. The second-order valence-corrected chi connectivity index (χ2v) is 4.42. The highest BCUT2D eigenvalue weighted by molar-refractivity contribution is 5.71. The highest BCUT2D eigenvalue weighted by Crippen LogP contribution is 2.12. The van der Waals surface area contributed by atoms with Crippen molar-refractivity contribution in [2.45, 2.75) is 34.1 Å². The molecule has 0 fully saturated rings. The van der Waals surface area contributed by atoms with Gasteiger partial charge < -0.3 is 0 Å². The first-order valence-electron chi connectivity index (χ1n) is 4.80. The maximum Gasteiger partial charge on any atom is 0.0437 e. The Balaban J connectivity index is 3.76. The molecule has 0 radical (unpaired) electrons. The van der Waals surface area contributed by atoms with Crippen LogP contribution in [-0.2, 0) is 0 Å². The Morgan fingerprint density at radius 3 is 2.46 bits per heavy atom. The van der Waals surface area contributed by atoms with E-state index in [-0.39, 0.29) is 5.41 Å². The molecular formula is C12H21N. The number of aliphatic imine (C=N–C) groups is 1. The van der Waals surface area contributed by atoms with Crippen LogP contribution in [0.25, 0.3) is 0 Å². The molecule has 0 spiro atoms. The van der Waals surface area contributed by atoms with Gasteiger partial charge in [-0.25, -0.2) is 0 Å². The summed E-state index contributed by atoms with van der Waals surface area (Å²) in [6, 6.07) is 0. The fraction of sp³-hybridized carbons (Fsp3) is 0.583. The monoisotopic (exact) mass is 179 g/mol. The van der Waals surface area contributed by atoms with E-state index in [1.54, 1.807) is 0 Å². The summed E-state index contributed by atoms with van der Waals surface area (Å²) in [5.41, 5.74) is 1.42. The van der Waals surface area contributed by atoms with Crippen molar-refractivity contribution < 1.29 is 0 Å². The molecule has 13 heavy (non-hydrogen) atoms. The molecule has 0 rings (SSSR count). The zero-order valence-electron chi connectivity index (χ0n) is 9.30. The number of hydrogen-bond donors (Lipinski definition) is 0. The molecule has 0 heterocycles. The first-order chi connectivity index (χ1) is 5.95. The molecule has 0 aromatic heterocycles. The van der Waals surface area contributed by atoms with Crippen molar-refractivity contribution in [1.29, 1.82) is 0 Å². The SMILES string of the molecule is C=C(/C=C\C=N/CC(C)(C)C)CC. The van der Waals surface area contributed by atoms with E-state index >= 15 is 0 Å². The molecule has 0 aliphatic rings. The smallest absolute Gasteiger partial charge is 0.0437 e. The first-order valence-corrected chi connectivity index (χ1v) is 4.80. The van der Waals surface area contributed by atoms with Gasteiger partial charge in [0.05, 0.1) is 0 Å². The van der Waals surface area contributed by atoms with E-state index in [0.717, 1.165) is 18.5 Å². The number of rotatable bonds is 4. The average Bonchev–Trinajstić information content (AvgIpc) is 2.01. The van der Waals surface area contributed by atoms with Crippen molar-refractivity contribution in [2.75, 3.05) is 6.54 Å². The lowest BCUT2D eigenvalue weighted by molar-refractivity contribution is 0.430. The lowest BCUT2D eigenvalue weighted by Gasteiger charge is -2.13. The summed E-state index contributed by atoms with van der Waals surface area (Å²) in [5, 5.41) is 0.